The van der Waals surface area contributed by atoms with Gasteiger partial charge >= 0.3 is 6.09 Å². The fraction of sp³-hybridized carbons (Fsp3) is 0.923. The molecule has 0 aromatic carbocycles. The van der Waals surface area contributed by atoms with Gasteiger partial charge in [0.1, 0.15) is 5.60 Å². The van der Waals surface area contributed by atoms with Gasteiger partial charge in [0.25, 0.3) is 0 Å². The van der Waals surface area contributed by atoms with Crippen molar-refractivity contribution in [3.8, 4) is 0 Å². The van der Waals surface area contributed by atoms with Crippen molar-refractivity contribution < 1.29 is 9.53 Å². The van der Waals surface area contributed by atoms with Crippen molar-refractivity contribution >= 4 is 6.09 Å². The molecular formula is C13H24N2O2. The molecule has 1 heterocycles. The van der Waals surface area contributed by atoms with Crippen LogP contribution in [0.25, 0.3) is 0 Å². The van der Waals surface area contributed by atoms with E-state index >= 15 is 0 Å². The van der Waals surface area contributed by atoms with Crippen LogP contribution in [0.1, 0.15) is 46.5 Å². The molecule has 1 saturated heterocycles. The highest BCUT2D eigenvalue weighted by atomic mass is 16.6. The van der Waals surface area contributed by atoms with Crippen LogP contribution in [0.2, 0.25) is 0 Å². The Morgan fingerprint density at radius 3 is 2.94 bits per heavy atom. The van der Waals surface area contributed by atoms with Crippen LogP contribution in [0.4, 0.5) is 4.79 Å². The summed E-state index contributed by atoms with van der Waals surface area (Å²) in [4.78, 5) is 11.6. The molecule has 0 bridgehead atoms. The van der Waals surface area contributed by atoms with Gasteiger partial charge in [0.2, 0.25) is 0 Å². The summed E-state index contributed by atoms with van der Waals surface area (Å²) < 4.78 is 5.26. The van der Waals surface area contributed by atoms with E-state index in [0.717, 1.165) is 12.5 Å². The van der Waals surface area contributed by atoms with Crippen LogP contribution in [0.15, 0.2) is 0 Å². The molecule has 1 amide bonds. The molecule has 1 aliphatic carbocycles. The molecule has 1 aliphatic heterocycles. The number of hydrogen-bond acceptors (Lipinski definition) is 3. The van der Waals surface area contributed by atoms with Crippen LogP contribution >= 0.6 is 0 Å². The average Bonchev–Trinajstić information content (AvgIpc) is 2.69. The van der Waals surface area contributed by atoms with Gasteiger partial charge in [-0.1, -0.05) is 6.42 Å². The Morgan fingerprint density at radius 1 is 1.47 bits per heavy atom. The van der Waals surface area contributed by atoms with Gasteiger partial charge in [-0.25, -0.2) is 4.79 Å². The SMILES string of the molecule is CC(C)(C)OC(=O)NCC12CCCC1CCN2. The highest BCUT2D eigenvalue weighted by Crippen LogP contribution is 2.40. The highest BCUT2D eigenvalue weighted by molar-refractivity contribution is 5.67. The van der Waals surface area contributed by atoms with E-state index in [9.17, 15) is 4.79 Å². The summed E-state index contributed by atoms with van der Waals surface area (Å²) in [5.74, 6) is 0.734. The zero-order valence-corrected chi connectivity index (χ0v) is 11.1. The van der Waals surface area contributed by atoms with Gasteiger partial charge in [-0.05, 0) is 52.5 Å². The van der Waals surface area contributed by atoms with Crippen LogP contribution in [0.5, 0.6) is 0 Å². The number of alkyl carbamates (subject to hydrolysis) is 1. The van der Waals surface area contributed by atoms with Gasteiger partial charge < -0.3 is 15.4 Å². The Kier molecular flexibility index (Phi) is 3.34. The number of ether oxygens (including phenoxy) is 1. The van der Waals surface area contributed by atoms with E-state index in [4.69, 9.17) is 4.74 Å². The molecule has 0 aromatic rings. The van der Waals surface area contributed by atoms with E-state index in [0.29, 0.717) is 6.54 Å². The normalized spacial score (nSPS) is 32.3. The van der Waals surface area contributed by atoms with Gasteiger partial charge in [0.15, 0.2) is 0 Å². The van der Waals surface area contributed by atoms with Gasteiger partial charge in [-0.2, -0.15) is 0 Å². The minimum absolute atomic E-state index is 0.150. The molecule has 2 fully saturated rings. The Labute approximate surface area is 103 Å². The quantitative estimate of drug-likeness (QED) is 0.776. The molecule has 2 atom stereocenters. The number of hydrogen-bond donors (Lipinski definition) is 2. The maximum Gasteiger partial charge on any atom is 0.407 e. The number of rotatable bonds is 2. The highest BCUT2D eigenvalue weighted by Gasteiger charge is 2.45. The van der Waals surface area contributed by atoms with Gasteiger partial charge in [0.05, 0.1) is 0 Å². The molecular weight excluding hydrogens is 216 g/mol. The Balaban J connectivity index is 1.83. The van der Waals surface area contributed by atoms with E-state index < -0.39 is 5.60 Å². The molecule has 2 aliphatic rings. The lowest BCUT2D eigenvalue weighted by Gasteiger charge is -2.30. The summed E-state index contributed by atoms with van der Waals surface area (Å²) in [5, 5.41) is 6.50. The topological polar surface area (TPSA) is 50.4 Å². The van der Waals surface area contributed by atoms with Crippen molar-refractivity contribution in [3.63, 3.8) is 0 Å². The zero-order chi connectivity index (χ0) is 12.5. The summed E-state index contributed by atoms with van der Waals surface area (Å²) in [5.41, 5.74) is -0.267. The molecule has 2 N–H and O–H groups in total. The van der Waals surface area contributed by atoms with Gasteiger partial charge in [-0.3, -0.25) is 0 Å². The fourth-order valence-corrected chi connectivity index (χ4v) is 3.13. The third kappa shape index (κ3) is 2.92. The third-order valence-electron chi connectivity index (χ3n) is 3.87. The second-order valence-electron chi connectivity index (χ2n) is 6.32. The molecule has 2 rings (SSSR count). The van der Waals surface area contributed by atoms with Crippen LogP contribution in [-0.4, -0.2) is 30.3 Å². The predicted octanol–water partition coefficient (Wildman–Crippen LogP) is 2.04. The van der Waals surface area contributed by atoms with E-state index in [1.165, 1.54) is 25.7 Å². The Bertz CT molecular complexity index is 286. The predicted molar refractivity (Wildman–Crippen MR) is 66.9 cm³/mol. The summed E-state index contributed by atoms with van der Waals surface area (Å²) in [6.45, 7) is 7.44. The Morgan fingerprint density at radius 2 is 2.24 bits per heavy atom. The average molecular weight is 240 g/mol. The first-order valence-electron chi connectivity index (χ1n) is 6.63. The lowest BCUT2D eigenvalue weighted by atomic mass is 9.89. The van der Waals surface area contributed by atoms with Crippen LogP contribution in [0, 0.1) is 5.92 Å². The van der Waals surface area contributed by atoms with Crippen molar-refractivity contribution in [1.82, 2.24) is 10.6 Å². The van der Waals surface area contributed by atoms with Crippen LogP contribution < -0.4 is 10.6 Å². The minimum Gasteiger partial charge on any atom is -0.444 e. The minimum atomic E-state index is -0.417. The number of carbonyl (C=O) groups excluding carboxylic acids is 1. The number of carbonyl (C=O) groups is 1. The second-order valence-corrected chi connectivity index (χ2v) is 6.32. The molecule has 98 valence electrons. The van der Waals surface area contributed by atoms with Crippen molar-refractivity contribution in [2.75, 3.05) is 13.1 Å². The number of amides is 1. The lowest BCUT2D eigenvalue weighted by Crippen LogP contribution is -2.51. The van der Waals surface area contributed by atoms with E-state index in [1.807, 2.05) is 20.8 Å². The van der Waals surface area contributed by atoms with Crippen molar-refractivity contribution in [2.45, 2.75) is 57.6 Å². The third-order valence-corrected chi connectivity index (χ3v) is 3.87. The Hall–Kier alpha value is -0.770. The fourth-order valence-electron chi connectivity index (χ4n) is 3.13. The van der Waals surface area contributed by atoms with Crippen molar-refractivity contribution in [3.05, 3.63) is 0 Å². The van der Waals surface area contributed by atoms with Gasteiger partial charge in [0, 0.05) is 12.1 Å². The van der Waals surface area contributed by atoms with Gasteiger partial charge in [-0.15, -0.1) is 0 Å². The molecule has 1 saturated carbocycles. The van der Waals surface area contributed by atoms with E-state index in [1.54, 1.807) is 0 Å². The zero-order valence-electron chi connectivity index (χ0n) is 11.1. The molecule has 0 radical (unpaired) electrons. The maximum absolute atomic E-state index is 11.6. The van der Waals surface area contributed by atoms with Crippen molar-refractivity contribution in [2.24, 2.45) is 5.92 Å². The molecule has 17 heavy (non-hydrogen) atoms. The standard InChI is InChI=1S/C13H24N2O2/c1-12(2,3)17-11(16)14-9-13-7-4-5-10(13)6-8-15-13/h10,15H,4-9H2,1-3H3,(H,14,16). The summed E-state index contributed by atoms with van der Waals surface area (Å²) >= 11 is 0. The lowest BCUT2D eigenvalue weighted by molar-refractivity contribution is 0.0508. The van der Waals surface area contributed by atoms with Crippen LogP contribution in [0.3, 0.4) is 0 Å². The van der Waals surface area contributed by atoms with Crippen molar-refractivity contribution in [1.29, 1.82) is 0 Å². The number of fused-ring (bicyclic) bond motifs is 1. The first kappa shape index (κ1) is 12.7. The molecule has 4 heteroatoms. The largest absolute Gasteiger partial charge is 0.444 e. The molecule has 0 aromatic heterocycles. The maximum atomic E-state index is 11.6. The molecule has 2 unspecified atom stereocenters. The first-order valence-corrected chi connectivity index (χ1v) is 6.63. The second kappa shape index (κ2) is 4.48. The summed E-state index contributed by atoms with van der Waals surface area (Å²) in [7, 11) is 0. The smallest absolute Gasteiger partial charge is 0.407 e. The van der Waals surface area contributed by atoms with Crippen LogP contribution in [-0.2, 0) is 4.74 Å². The summed E-state index contributed by atoms with van der Waals surface area (Å²) in [6.07, 6.45) is 4.69. The van der Waals surface area contributed by atoms with E-state index in [-0.39, 0.29) is 11.6 Å². The molecule has 4 nitrogen and oxygen atoms in total. The molecule has 0 spiro atoms. The monoisotopic (exact) mass is 240 g/mol. The summed E-state index contributed by atoms with van der Waals surface area (Å²) in [6, 6.07) is 0. The number of nitrogens with one attached hydrogen (secondary N) is 2. The first-order chi connectivity index (χ1) is 7.91. The van der Waals surface area contributed by atoms with E-state index in [2.05, 4.69) is 10.6 Å².